The molecule has 1 heteroatoms. The third kappa shape index (κ3) is 3.43. The van der Waals surface area contributed by atoms with Crippen molar-refractivity contribution in [1.29, 1.82) is 0 Å². The molecule has 0 aliphatic heterocycles. The van der Waals surface area contributed by atoms with Crippen molar-refractivity contribution in [3.63, 3.8) is 0 Å². The summed E-state index contributed by atoms with van der Waals surface area (Å²) in [6, 6.07) is 37.4. The molecule has 0 atom stereocenters. The zero-order chi connectivity index (χ0) is 20.3. The van der Waals surface area contributed by atoms with Crippen molar-refractivity contribution in [2.45, 2.75) is 6.42 Å². The van der Waals surface area contributed by atoms with E-state index < -0.39 is 0 Å². The number of hydrogen-bond acceptors (Lipinski definition) is 1. The lowest BCUT2D eigenvalue weighted by molar-refractivity contribution is 0.569. The maximum Gasteiger partial charge on any atom is 0.133 e. The van der Waals surface area contributed by atoms with E-state index in [1.165, 1.54) is 16.3 Å². The SMILES string of the molecule is O=C=C(c1ccc2ccccc2c1)c1ccccc1Cc1ccc2ccccc2c1. The molecule has 5 rings (SSSR count). The van der Waals surface area contributed by atoms with Gasteiger partial charge in [-0.25, -0.2) is 4.79 Å². The highest BCUT2D eigenvalue weighted by molar-refractivity contribution is 6.00. The van der Waals surface area contributed by atoms with E-state index >= 15 is 0 Å². The summed E-state index contributed by atoms with van der Waals surface area (Å²) < 4.78 is 0. The third-order valence-corrected chi connectivity index (χ3v) is 5.64. The van der Waals surface area contributed by atoms with E-state index in [0.717, 1.165) is 33.9 Å². The highest BCUT2D eigenvalue weighted by Crippen LogP contribution is 2.29. The monoisotopic (exact) mass is 384 g/mol. The van der Waals surface area contributed by atoms with Crippen LogP contribution in [0.15, 0.2) is 109 Å². The molecule has 0 radical (unpaired) electrons. The van der Waals surface area contributed by atoms with Gasteiger partial charge in [-0.2, -0.15) is 0 Å². The Labute approximate surface area is 175 Å². The summed E-state index contributed by atoms with van der Waals surface area (Å²) in [5.74, 6) is 2.22. The van der Waals surface area contributed by atoms with E-state index in [0.29, 0.717) is 5.57 Å². The molecule has 30 heavy (non-hydrogen) atoms. The van der Waals surface area contributed by atoms with Crippen LogP contribution in [-0.4, -0.2) is 5.94 Å². The van der Waals surface area contributed by atoms with Gasteiger partial charge >= 0.3 is 0 Å². The lowest BCUT2D eigenvalue weighted by atomic mass is 9.90. The van der Waals surface area contributed by atoms with E-state index in [9.17, 15) is 4.79 Å². The van der Waals surface area contributed by atoms with Crippen molar-refractivity contribution in [3.8, 4) is 0 Å². The molecule has 0 saturated carbocycles. The minimum Gasteiger partial charge on any atom is -0.233 e. The van der Waals surface area contributed by atoms with E-state index in [1.807, 2.05) is 36.4 Å². The summed E-state index contributed by atoms with van der Waals surface area (Å²) >= 11 is 0. The molecular formula is C29H20O. The van der Waals surface area contributed by atoms with Crippen molar-refractivity contribution in [3.05, 3.63) is 131 Å². The summed E-state index contributed by atoms with van der Waals surface area (Å²) in [5, 5.41) is 4.75. The number of rotatable bonds is 4. The maximum atomic E-state index is 12.1. The molecule has 0 saturated heterocycles. The fourth-order valence-electron chi connectivity index (χ4n) is 4.10. The molecule has 0 heterocycles. The largest absolute Gasteiger partial charge is 0.233 e. The lowest BCUT2D eigenvalue weighted by Crippen LogP contribution is -1.97. The summed E-state index contributed by atoms with van der Waals surface area (Å²) in [6.07, 6.45) is 0.764. The Morgan fingerprint density at radius 1 is 0.600 bits per heavy atom. The van der Waals surface area contributed by atoms with E-state index in [-0.39, 0.29) is 0 Å². The third-order valence-electron chi connectivity index (χ3n) is 5.64. The van der Waals surface area contributed by atoms with Gasteiger partial charge in [0.25, 0.3) is 0 Å². The van der Waals surface area contributed by atoms with Crippen LogP contribution in [0.3, 0.4) is 0 Å². The van der Waals surface area contributed by atoms with E-state index in [2.05, 4.69) is 78.7 Å². The van der Waals surface area contributed by atoms with Crippen LogP contribution in [0, 0.1) is 0 Å². The first-order valence-corrected chi connectivity index (χ1v) is 10.1. The van der Waals surface area contributed by atoms with Crippen molar-refractivity contribution in [2.24, 2.45) is 0 Å². The van der Waals surface area contributed by atoms with Gasteiger partial charge in [0, 0.05) is 0 Å². The maximum absolute atomic E-state index is 12.1. The van der Waals surface area contributed by atoms with Crippen molar-refractivity contribution >= 4 is 33.1 Å². The van der Waals surface area contributed by atoms with Crippen molar-refractivity contribution < 1.29 is 4.79 Å². The first-order chi connectivity index (χ1) is 14.8. The molecule has 0 amide bonds. The smallest absolute Gasteiger partial charge is 0.133 e. The second kappa shape index (κ2) is 7.83. The molecule has 5 aromatic rings. The van der Waals surface area contributed by atoms with Crippen LogP contribution in [0.1, 0.15) is 22.3 Å². The van der Waals surface area contributed by atoms with E-state index in [4.69, 9.17) is 0 Å². The Kier molecular flexibility index (Phi) is 4.73. The Balaban J connectivity index is 1.56. The number of benzene rings is 5. The predicted molar refractivity (Wildman–Crippen MR) is 125 cm³/mol. The second-order valence-electron chi connectivity index (χ2n) is 7.55. The topological polar surface area (TPSA) is 17.1 Å². The number of fused-ring (bicyclic) bond motifs is 2. The van der Waals surface area contributed by atoms with Gasteiger partial charge in [0.1, 0.15) is 5.94 Å². The van der Waals surface area contributed by atoms with E-state index in [1.54, 1.807) is 0 Å². The molecule has 5 aromatic carbocycles. The normalized spacial score (nSPS) is 10.8. The molecular weight excluding hydrogens is 364 g/mol. The fourth-order valence-corrected chi connectivity index (χ4v) is 4.10. The van der Waals surface area contributed by atoms with Crippen LogP contribution in [-0.2, 0) is 11.2 Å². The predicted octanol–water partition coefficient (Wildman–Crippen LogP) is 6.85. The Morgan fingerprint density at radius 3 is 1.93 bits per heavy atom. The average molecular weight is 384 g/mol. The molecule has 1 nitrogen and oxygen atoms in total. The van der Waals surface area contributed by atoms with Crippen LogP contribution in [0.4, 0.5) is 0 Å². The second-order valence-corrected chi connectivity index (χ2v) is 7.55. The lowest BCUT2D eigenvalue weighted by Gasteiger charge is -2.12. The summed E-state index contributed by atoms with van der Waals surface area (Å²) in [6.45, 7) is 0. The Hall–Kier alpha value is -3.93. The Bertz CT molecular complexity index is 1420. The molecule has 0 spiro atoms. The summed E-state index contributed by atoms with van der Waals surface area (Å²) in [7, 11) is 0. The quantitative estimate of drug-likeness (QED) is 0.310. The van der Waals surface area contributed by atoms with Crippen LogP contribution in [0.5, 0.6) is 0 Å². The number of carbonyl (C=O) groups excluding carboxylic acids is 1. The highest BCUT2D eigenvalue weighted by atomic mass is 16.1. The molecule has 0 unspecified atom stereocenters. The van der Waals surface area contributed by atoms with Gasteiger partial charge in [-0.15, -0.1) is 0 Å². The summed E-state index contributed by atoms with van der Waals surface area (Å²) in [5.41, 5.74) is 4.80. The molecule has 0 N–H and O–H groups in total. The minimum atomic E-state index is 0.608. The van der Waals surface area contributed by atoms with Crippen molar-refractivity contribution in [1.82, 2.24) is 0 Å². The van der Waals surface area contributed by atoms with Crippen molar-refractivity contribution in [2.75, 3.05) is 0 Å². The fraction of sp³-hybridized carbons (Fsp3) is 0.0345. The van der Waals surface area contributed by atoms with Gasteiger partial charge in [-0.05, 0) is 56.3 Å². The van der Waals surface area contributed by atoms with Crippen LogP contribution >= 0.6 is 0 Å². The molecule has 0 fully saturated rings. The average Bonchev–Trinajstić information content (AvgIpc) is 2.80. The van der Waals surface area contributed by atoms with Gasteiger partial charge in [-0.1, -0.05) is 103 Å². The van der Waals surface area contributed by atoms with Gasteiger partial charge in [0.15, 0.2) is 0 Å². The molecule has 0 bridgehead atoms. The first kappa shape index (κ1) is 18.1. The molecule has 142 valence electrons. The standard InChI is InChI=1S/C29H20O/c30-20-29(27-16-15-23-8-2-4-10-25(23)19-27)28-12-6-5-11-26(28)18-21-13-14-22-7-1-3-9-24(22)17-21/h1-17,19H,18H2. The summed E-state index contributed by atoms with van der Waals surface area (Å²) in [4.78, 5) is 12.1. The zero-order valence-corrected chi connectivity index (χ0v) is 16.5. The van der Waals surface area contributed by atoms with Gasteiger partial charge in [0.2, 0.25) is 0 Å². The molecule has 0 aliphatic carbocycles. The highest BCUT2D eigenvalue weighted by Gasteiger charge is 2.12. The zero-order valence-electron chi connectivity index (χ0n) is 16.5. The first-order valence-electron chi connectivity index (χ1n) is 10.1. The van der Waals surface area contributed by atoms with Crippen LogP contribution in [0.2, 0.25) is 0 Å². The number of hydrogen-bond donors (Lipinski definition) is 0. The molecule has 0 aliphatic rings. The van der Waals surface area contributed by atoms with Gasteiger partial charge in [0.05, 0.1) is 5.57 Å². The molecule has 0 aromatic heterocycles. The van der Waals surface area contributed by atoms with Crippen LogP contribution < -0.4 is 0 Å². The van der Waals surface area contributed by atoms with Gasteiger partial charge in [-0.3, -0.25) is 0 Å². The minimum absolute atomic E-state index is 0.608. The van der Waals surface area contributed by atoms with Gasteiger partial charge < -0.3 is 0 Å². The van der Waals surface area contributed by atoms with Crippen LogP contribution in [0.25, 0.3) is 27.1 Å². The Morgan fingerprint density at radius 2 is 1.20 bits per heavy atom.